The number of aromatic nitrogens is 1. The molecule has 0 saturated heterocycles. The molecule has 3 aromatic rings. The lowest BCUT2D eigenvalue weighted by Gasteiger charge is -2.11. The van der Waals surface area contributed by atoms with Crippen LogP contribution in [0.5, 0.6) is 11.5 Å². The fraction of sp³-hybridized carbons (Fsp3) is 0.150. The van der Waals surface area contributed by atoms with E-state index in [1.54, 1.807) is 24.6 Å². The molecule has 3 rings (SSSR count). The Hall–Kier alpha value is -3.10. The van der Waals surface area contributed by atoms with Crippen molar-refractivity contribution < 1.29 is 14.3 Å². The summed E-state index contributed by atoms with van der Waals surface area (Å²) in [7, 11) is 1.56. The number of nitrogen functional groups attached to an aromatic ring is 1. The Kier molecular flexibility index (Phi) is 7.04. The summed E-state index contributed by atoms with van der Waals surface area (Å²) in [4.78, 5) is 15.9. The summed E-state index contributed by atoms with van der Waals surface area (Å²) < 4.78 is 11.2. The standard InChI is InChI=1S/C20H19ClN4O3S/c1-27-18-8-13(10-23-25-19(26)9-16-12-29-20(22)24-16)5-6-17(18)28-11-14-3-2-4-15(21)7-14/h2-8,10,12H,9,11H2,1H3,(H2,22,24)(H,25,26)/b23-10+. The van der Waals surface area contributed by atoms with Gasteiger partial charge in [0.25, 0.3) is 0 Å². The van der Waals surface area contributed by atoms with Crippen LogP contribution in [0, 0.1) is 0 Å². The predicted molar refractivity (Wildman–Crippen MR) is 115 cm³/mol. The lowest BCUT2D eigenvalue weighted by Crippen LogP contribution is -2.19. The van der Waals surface area contributed by atoms with Gasteiger partial charge in [-0.15, -0.1) is 11.3 Å². The first-order valence-corrected chi connectivity index (χ1v) is 9.86. The van der Waals surface area contributed by atoms with Crippen LogP contribution in [0.3, 0.4) is 0 Å². The minimum Gasteiger partial charge on any atom is -0.493 e. The number of hydrazone groups is 1. The topological polar surface area (TPSA) is 98.8 Å². The molecule has 0 aliphatic carbocycles. The summed E-state index contributed by atoms with van der Waals surface area (Å²) >= 11 is 7.28. The van der Waals surface area contributed by atoms with Gasteiger partial charge in [0, 0.05) is 10.4 Å². The fourth-order valence-corrected chi connectivity index (χ4v) is 3.23. The first kappa shape index (κ1) is 20.6. The molecule has 7 nitrogen and oxygen atoms in total. The summed E-state index contributed by atoms with van der Waals surface area (Å²) in [6, 6.07) is 12.8. The van der Waals surface area contributed by atoms with E-state index in [-0.39, 0.29) is 12.3 Å². The number of rotatable bonds is 8. The minimum absolute atomic E-state index is 0.116. The first-order chi connectivity index (χ1) is 14.0. The van der Waals surface area contributed by atoms with Crippen LogP contribution >= 0.6 is 22.9 Å². The molecule has 0 bridgehead atoms. The van der Waals surface area contributed by atoms with E-state index in [0.29, 0.717) is 34.0 Å². The number of nitrogens with zero attached hydrogens (tertiary/aromatic N) is 2. The van der Waals surface area contributed by atoms with E-state index in [2.05, 4.69) is 15.5 Å². The van der Waals surface area contributed by atoms with Crippen LogP contribution in [0.4, 0.5) is 5.13 Å². The van der Waals surface area contributed by atoms with Crippen molar-refractivity contribution in [1.29, 1.82) is 0 Å². The molecule has 1 heterocycles. The van der Waals surface area contributed by atoms with Crippen LogP contribution in [-0.4, -0.2) is 24.2 Å². The van der Waals surface area contributed by atoms with Crippen molar-refractivity contribution in [3.63, 3.8) is 0 Å². The Morgan fingerprint density at radius 1 is 1.31 bits per heavy atom. The number of amides is 1. The quantitative estimate of drug-likeness (QED) is 0.419. The minimum atomic E-state index is -0.278. The maximum atomic E-state index is 11.9. The number of hydrogen-bond acceptors (Lipinski definition) is 7. The number of nitrogens with one attached hydrogen (secondary N) is 1. The van der Waals surface area contributed by atoms with Crippen LogP contribution in [0.2, 0.25) is 5.02 Å². The molecule has 0 aliphatic rings. The third-order valence-electron chi connectivity index (χ3n) is 3.79. The number of anilines is 1. The van der Waals surface area contributed by atoms with Crippen molar-refractivity contribution >= 4 is 40.2 Å². The smallest absolute Gasteiger partial charge is 0.246 e. The molecule has 0 unspecified atom stereocenters. The van der Waals surface area contributed by atoms with E-state index in [4.69, 9.17) is 26.8 Å². The molecule has 3 N–H and O–H groups in total. The summed E-state index contributed by atoms with van der Waals surface area (Å²) in [6.45, 7) is 0.363. The van der Waals surface area contributed by atoms with Gasteiger partial charge in [0.05, 0.1) is 25.4 Å². The Bertz CT molecular complexity index is 1020. The summed E-state index contributed by atoms with van der Waals surface area (Å²) in [5.41, 5.74) is 10.3. The van der Waals surface area contributed by atoms with Crippen LogP contribution < -0.4 is 20.6 Å². The zero-order chi connectivity index (χ0) is 20.6. The number of thiazole rings is 1. The molecule has 1 amide bonds. The molecule has 1 aromatic heterocycles. The number of hydrogen-bond donors (Lipinski definition) is 2. The van der Waals surface area contributed by atoms with Crippen molar-refractivity contribution in [2.45, 2.75) is 13.0 Å². The lowest BCUT2D eigenvalue weighted by molar-refractivity contribution is -0.120. The molecule has 0 atom stereocenters. The van der Waals surface area contributed by atoms with E-state index >= 15 is 0 Å². The summed E-state index contributed by atoms with van der Waals surface area (Å²) in [6.07, 6.45) is 1.64. The number of ether oxygens (including phenoxy) is 2. The number of carbonyl (C=O) groups excluding carboxylic acids is 1. The number of nitrogens with two attached hydrogens (primary N) is 1. The van der Waals surface area contributed by atoms with Gasteiger partial charge < -0.3 is 15.2 Å². The maximum Gasteiger partial charge on any atom is 0.246 e. The highest BCUT2D eigenvalue weighted by atomic mass is 35.5. The van der Waals surface area contributed by atoms with Gasteiger partial charge in [0.1, 0.15) is 6.61 Å². The van der Waals surface area contributed by atoms with E-state index in [0.717, 1.165) is 11.1 Å². The largest absolute Gasteiger partial charge is 0.493 e. The lowest BCUT2D eigenvalue weighted by atomic mass is 10.2. The van der Waals surface area contributed by atoms with Crippen molar-refractivity contribution in [3.05, 3.63) is 69.7 Å². The molecule has 9 heteroatoms. The zero-order valence-corrected chi connectivity index (χ0v) is 17.2. The first-order valence-electron chi connectivity index (χ1n) is 8.60. The van der Waals surface area contributed by atoms with Crippen LogP contribution in [0.15, 0.2) is 52.9 Å². The highest BCUT2D eigenvalue weighted by molar-refractivity contribution is 7.13. The van der Waals surface area contributed by atoms with Crippen LogP contribution in [0.1, 0.15) is 16.8 Å². The predicted octanol–water partition coefficient (Wildman–Crippen LogP) is 3.66. The van der Waals surface area contributed by atoms with E-state index in [9.17, 15) is 4.79 Å². The zero-order valence-electron chi connectivity index (χ0n) is 15.6. The van der Waals surface area contributed by atoms with Gasteiger partial charge in [-0.1, -0.05) is 23.7 Å². The molecular formula is C20H19ClN4O3S. The third kappa shape index (κ3) is 6.20. The Morgan fingerprint density at radius 2 is 2.17 bits per heavy atom. The number of carbonyl (C=O) groups is 1. The molecule has 0 radical (unpaired) electrons. The van der Waals surface area contributed by atoms with E-state index in [1.807, 2.05) is 30.3 Å². The Morgan fingerprint density at radius 3 is 2.90 bits per heavy atom. The highest BCUT2D eigenvalue weighted by Gasteiger charge is 2.07. The van der Waals surface area contributed by atoms with Crippen molar-refractivity contribution in [1.82, 2.24) is 10.4 Å². The van der Waals surface area contributed by atoms with Gasteiger partial charge in [0.2, 0.25) is 5.91 Å². The third-order valence-corrected chi connectivity index (χ3v) is 4.74. The van der Waals surface area contributed by atoms with Crippen molar-refractivity contribution in [2.24, 2.45) is 5.10 Å². The summed E-state index contributed by atoms with van der Waals surface area (Å²) in [5.74, 6) is 0.870. The van der Waals surface area contributed by atoms with Crippen molar-refractivity contribution in [2.75, 3.05) is 12.8 Å². The number of halogens is 1. The van der Waals surface area contributed by atoms with Crippen LogP contribution in [-0.2, 0) is 17.8 Å². The molecule has 150 valence electrons. The van der Waals surface area contributed by atoms with Crippen molar-refractivity contribution in [3.8, 4) is 11.5 Å². The average Bonchev–Trinajstić information content (AvgIpc) is 3.11. The Balaban J connectivity index is 1.57. The Labute approximate surface area is 177 Å². The molecule has 2 aromatic carbocycles. The fourth-order valence-electron chi connectivity index (χ4n) is 2.46. The number of benzene rings is 2. The van der Waals surface area contributed by atoms with Gasteiger partial charge in [-0.3, -0.25) is 4.79 Å². The van der Waals surface area contributed by atoms with Gasteiger partial charge in [-0.05, 0) is 41.5 Å². The number of methoxy groups -OCH3 is 1. The molecule has 0 fully saturated rings. The molecule has 0 aliphatic heterocycles. The molecule has 0 saturated carbocycles. The van der Waals surface area contributed by atoms with Gasteiger partial charge in [-0.25, -0.2) is 10.4 Å². The van der Waals surface area contributed by atoms with Crippen LogP contribution in [0.25, 0.3) is 0 Å². The second kappa shape index (κ2) is 9.90. The van der Waals surface area contributed by atoms with Gasteiger partial charge >= 0.3 is 0 Å². The molecular weight excluding hydrogens is 412 g/mol. The van der Waals surface area contributed by atoms with E-state index < -0.39 is 0 Å². The molecule has 29 heavy (non-hydrogen) atoms. The second-order valence-corrected chi connectivity index (χ2v) is 7.30. The van der Waals surface area contributed by atoms with Gasteiger partial charge in [0.15, 0.2) is 16.6 Å². The SMILES string of the molecule is COc1cc(/C=N/NC(=O)Cc2csc(N)n2)ccc1OCc1cccc(Cl)c1. The van der Waals surface area contributed by atoms with Gasteiger partial charge in [-0.2, -0.15) is 5.10 Å². The maximum absolute atomic E-state index is 11.9. The highest BCUT2D eigenvalue weighted by Crippen LogP contribution is 2.28. The monoisotopic (exact) mass is 430 g/mol. The molecule has 0 spiro atoms. The second-order valence-electron chi connectivity index (χ2n) is 5.98. The normalized spacial score (nSPS) is 10.8. The van der Waals surface area contributed by atoms with E-state index in [1.165, 1.54) is 17.6 Å². The average molecular weight is 431 g/mol. The summed E-state index contributed by atoms with van der Waals surface area (Å²) in [5, 5.41) is 6.79.